The first-order valence-corrected chi connectivity index (χ1v) is 12.5. The number of ketones is 1. The fourth-order valence-corrected chi connectivity index (χ4v) is 5.76. The summed E-state index contributed by atoms with van der Waals surface area (Å²) in [6.45, 7) is 2.85. The van der Waals surface area contributed by atoms with Crippen molar-refractivity contribution in [3.05, 3.63) is 82.4 Å². The van der Waals surface area contributed by atoms with Gasteiger partial charge in [0.15, 0.2) is 0 Å². The first-order chi connectivity index (χ1) is 16.6. The van der Waals surface area contributed by atoms with Crippen molar-refractivity contribution in [1.82, 2.24) is 4.98 Å². The third-order valence-corrected chi connectivity index (χ3v) is 7.50. The van der Waals surface area contributed by atoms with Crippen LogP contribution in [0.2, 0.25) is 0 Å². The van der Waals surface area contributed by atoms with E-state index in [2.05, 4.69) is 11.1 Å². The molecule has 0 aliphatic carbocycles. The van der Waals surface area contributed by atoms with Crippen LogP contribution in [0.25, 0.3) is 10.9 Å². The number of fused-ring (bicyclic) bond motifs is 1. The number of methoxy groups -OCH3 is 1. The molecule has 0 saturated heterocycles. The van der Waals surface area contributed by atoms with Crippen LogP contribution in [0.1, 0.15) is 21.6 Å². The lowest BCUT2D eigenvalue weighted by atomic mass is 10.1. The summed E-state index contributed by atoms with van der Waals surface area (Å²) in [6, 6.07) is 20.0. The molecule has 0 bridgehead atoms. The van der Waals surface area contributed by atoms with Gasteiger partial charge >= 0.3 is 0 Å². The standard InChI is InChI=1S/C27H24N2O3S2/c1-18-3-5-19(6-4-18)13-21(30)15-22-7-8-27(33-22)34-26-9-10-29-24-16-25(32-12-11-31-2)20(17-28)14-23(24)26/h3-10,14,16H,11-13,15H2,1-2H3. The molecule has 34 heavy (non-hydrogen) atoms. The summed E-state index contributed by atoms with van der Waals surface area (Å²) >= 11 is 3.24. The quantitative estimate of drug-likeness (QED) is 0.255. The Labute approximate surface area is 207 Å². The number of rotatable bonds is 10. The Morgan fingerprint density at radius 3 is 2.68 bits per heavy atom. The highest BCUT2D eigenvalue weighted by Gasteiger charge is 2.13. The molecule has 4 rings (SSSR count). The van der Waals surface area contributed by atoms with Crippen LogP contribution < -0.4 is 4.74 Å². The number of thiophene rings is 1. The molecule has 0 aliphatic heterocycles. The highest BCUT2D eigenvalue weighted by atomic mass is 32.2. The molecule has 0 fully saturated rings. The van der Waals surface area contributed by atoms with Crippen molar-refractivity contribution in [2.45, 2.75) is 28.9 Å². The number of aryl methyl sites for hydroxylation is 1. The predicted molar refractivity (Wildman–Crippen MR) is 136 cm³/mol. The molecular formula is C27H24N2O3S2. The fourth-order valence-electron chi connectivity index (χ4n) is 3.49. The van der Waals surface area contributed by atoms with Gasteiger partial charge in [-0.25, -0.2) is 0 Å². The first kappa shape index (κ1) is 24.0. The van der Waals surface area contributed by atoms with Crippen LogP contribution in [0.4, 0.5) is 0 Å². The number of Topliss-reactive ketones (excluding diaryl/α,β-unsaturated/α-hetero) is 1. The van der Waals surface area contributed by atoms with Gasteiger partial charge in [0, 0.05) is 47.4 Å². The van der Waals surface area contributed by atoms with Crippen LogP contribution in [0.15, 0.2) is 69.9 Å². The zero-order valence-corrected chi connectivity index (χ0v) is 20.7. The number of hydrogen-bond donors (Lipinski definition) is 0. The summed E-state index contributed by atoms with van der Waals surface area (Å²) in [7, 11) is 1.61. The largest absolute Gasteiger partial charge is 0.490 e. The lowest BCUT2D eigenvalue weighted by Crippen LogP contribution is -2.05. The second kappa shape index (κ2) is 11.3. The highest BCUT2D eigenvalue weighted by Crippen LogP contribution is 2.38. The van der Waals surface area contributed by atoms with Crippen LogP contribution in [0.3, 0.4) is 0 Å². The van der Waals surface area contributed by atoms with Crippen LogP contribution in [0, 0.1) is 18.3 Å². The van der Waals surface area contributed by atoms with E-state index in [0.29, 0.717) is 37.4 Å². The van der Waals surface area contributed by atoms with Crippen molar-refractivity contribution in [1.29, 1.82) is 5.26 Å². The van der Waals surface area contributed by atoms with Gasteiger partial charge in [0.1, 0.15) is 24.2 Å². The number of pyridine rings is 1. The lowest BCUT2D eigenvalue weighted by Gasteiger charge is -2.10. The van der Waals surface area contributed by atoms with Gasteiger partial charge in [-0.15, -0.1) is 11.3 Å². The molecule has 4 aromatic rings. The van der Waals surface area contributed by atoms with Gasteiger partial charge in [-0.05, 0) is 36.8 Å². The number of ether oxygens (including phenoxy) is 2. The Balaban J connectivity index is 1.48. The summed E-state index contributed by atoms with van der Waals surface area (Å²) in [5, 5.41) is 10.5. The molecule has 7 heteroatoms. The topological polar surface area (TPSA) is 72.2 Å². The number of nitrogens with zero attached hydrogens (tertiary/aromatic N) is 2. The molecule has 0 unspecified atom stereocenters. The van der Waals surface area contributed by atoms with Crippen molar-refractivity contribution in [3.8, 4) is 11.8 Å². The van der Waals surface area contributed by atoms with Gasteiger partial charge in [0.25, 0.3) is 0 Å². The van der Waals surface area contributed by atoms with Gasteiger partial charge in [0.05, 0.1) is 21.9 Å². The van der Waals surface area contributed by atoms with Crippen molar-refractivity contribution >= 4 is 39.8 Å². The Hall–Kier alpha value is -3.18. The fraction of sp³-hybridized carbons (Fsp3) is 0.222. The van der Waals surface area contributed by atoms with Crippen molar-refractivity contribution in [3.63, 3.8) is 0 Å². The summed E-state index contributed by atoms with van der Waals surface area (Å²) < 4.78 is 11.8. The Morgan fingerprint density at radius 2 is 1.91 bits per heavy atom. The maximum atomic E-state index is 12.5. The maximum Gasteiger partial charge on any atom is 0.142 e. The second-order valence-electron chi connectivity index (χ2n) is 7.83. The number of benzene rings is 2. The number of carbonyl (C=O) groups excluding carboxylic acids is 1. The molecule has 0 N–H and O–H groups in total. The molecule has 5 nitrogen and oxygen atoms in total. The highest BCUT2D eigenvalue weighted by molar-refractivity contribution is 8.01. The van der Waals surface area contributed by atoms with Crippen LogP contribution in [-0.4, -0.2) is 31.1 Å². The molecule has 0 radical (unpaired) electrons. The average Bonchev–Trinajstić information content (AvgIpc) is 3.27. The second-order valence-corrected chi connectivity index (χ2v) is 10.3. The van der Waals surface area contributed by atoms with E-state index in [1.54, 1.807) is 42.5 Å². The van der Waals surface area contributed by atoms with E-state index in [0.717, 1.165) is 30.4 Å². The van der Waals surface area contributed by atoms with Gasteiger partial charge in [0.2, 0.25) is 0 Å². The number of carbonyl (C=O) groups is 1. The molecule has 0 amide bonds. The van der Waals surface area contributed by atoms with Gasteiger partial charge in [-0.2, -0.15) is 5.26 Å². The number of aromatic nitrogens is 1. The SMILES string of the molecule is COCCOc1cc2nccc(Sc3ccc(CC(=O)Cc4ccc(C)cc4)s3)c2cc1C#N. The number of nitriles is 1. The third kappa shape index (κ3) is 6.03. The molecule has 2 heterocycles. The Bertz CT molecular complexity index is 1340. The van der Waals surface area contributed by atoms with Gasteiger partial charge < -0.3 is 9.47 Å². The lowest BCUT2D eigenvalue weighted by molar-refractivity contribution is -0.117. The van der Waals surface area contributed by atoms with Crippen LogP contribution in [-0.2, 0) is 22.4 Å². The van der Waals surface area contributed by atoms with E-state index in [4.69, 9.17) is 9.47 Å². The summed E-state index contributed by atoms with van der Waals surface area (Å²) in [6.07, 6.45) is 2.63. The van der Waals surface area contributed by atoms with E-state index < -0.39 is 0 Å². The van der Waals surface area contributed by atoms with E-state index in [-0.39, 0.29) is 5.78 Å². The van der Waals surface area contributed by atoms with Gasteiger partial charge in [-0.3, -0.25) is 9.78 Å². The zero-order chi connectivity index (χ0) is 23.9. The summed E-state index contributed by atoms with van der Waals surface area (Å²) in [5.41, 5.74) is 3.47. The van der Waals surface area contributed by atoms with Crippen molar-refractivity contribution in [2.75, 3.05) is 20.3 Å². The molecular weight excluding hydrogens is 464 g/mol. The summed E-state index contributed by atoms with van der Waals surface area (Å²) in [4.78, 5) is 19.1. The molecule has 0 aliphatic rings. The molecule has 0 spiro atoms. The smallest absolute Gasteiger partial charge is 0.142 e. The molecule has 2 aromatic heterocycles. The first-order valence-electron chi connectivity index (χ1n) is 10.8. The molecule has 172 valence electrons. The normalized spacial score (nSPS) is 10.9. The maximum absolute atomic E-state index is 12.5. The zero-order valence-electron chi connectivity index (χ0n) is 19.0. The van der Waals surface area contributed by atoms with E-state index in [1.807, 2.05) is 55.5 Å². The summed E-state index contributed by atoms with van der Waals surface area (Å²) in [5.74, 6) is 0.712. The minimum Gasteiger partial charge on any atom is -0.490 e. The Kier molecular flexibility index (Phi) is 7.96. The Morgan fingerprint density at radius 1 is 1.09 bits per heavy atom. The van der Waals surface area contributed by atoms with Crippen LogP contribution >= 0.6 is 23.1 Å². The number of hydrogen-bond acceptors (Lipinski definition) is 7. The van der Waals surface area contributed by atoms with Crippen LogP contribution in [0.5, 0.6) is 5.75 Å². The third-order valence-electron chi connectivity index (χ3n) is 5.21. The van der Waals surface area contributed by atoms with Crippen molar-refractivity contribution < 1.29 is 14.3 Å². The van der Waals surface area contributed by atoms with E-state index >= 15 is 0 Å². The molecule has 0 saturated carbocycles. The van der Waals surface area contributed by atoms with Gasteiger partial charge in [-0.1, -0.05) is 41.6 Å². The van der Waals surface area contributed by atoms with Crippen molar-refractivity contribution in [2.24, 2.45) is 0 Å². The predicted octanol–water partition coefficient (Wildman–Crippen LogP) is 6.01. The molecule has 2 aromatic carbocycles. The minimum atomic E-state index is 0.205. The average molecular weight is 489 g/mol. The molecule has 0 atom stereocenters. The minimum absolute atomic E-state index is 0.205. The van der Waals surface area contributed by atoms with E-state index in [9.17, 15) is 10.1 Å². The van der Waals surface area contributed by atoms with E-state index in [1.165, 1.54) is 5.56 Å². The monoisotopic (exact) mass is 488 g/mol.